The number of ether oxygens (including phenoxy) is 3. The summed E-state index contributed by atoms with van der Waals surface area (Å²) in [6.45, 7) is 7.08. The summed E-state index contributed by atoms with van der Waals surface area (Å²) in [6, 6.07) is 10.6. The number of thioether (sulfide) groups is 1. The Morgan fingerprint density at radius 2 is 1.94 bits per heavy atom. The standard InChI is InChI=1S/C25H27BrN2O5S/c1-5-11-33-22-19(26)12-16(13-20(22)31-6-2)14-21-23(29)28(4)25(34-21)27-18-10-8-9-17(15-18)24(30)32-7-3/h8-10,12-15H,5-7,11H2,1-4H3. The molecule has 0 aliphatic carbocycles. The van der Waals surface area contributed by atoms with Crippen LogP contribution in [0.3, 0.4) is 0 Å². The van der Waals surface area contributed by atoms with Gasteiger partial charge in [0.15, 0.2) is 16.7 Å². The van der Waals surface area contributed by atoms with Crippen LogP contribution in [0, 0.1) is 0 Å². The molecule has 1 saturated heterocycles. The molecule has 2 aromatic rings. The van der Waals surface area contributed by atoms with Gasteiger partial charge in [0.1, 0.15) is 0 Å². The van der Waals surface area contributed by atoms with Crippen LogP contribution in [0.1, 0.15) is 43.1 Å². The van der Waals surface area contributed by atoms with E-state index >= 15 is 0 Å². The number of amidine groups is 1. The van der Waals surface area contributed by atoms with Crippen molar-refractivity contribution in [1.82, 2.24) is 4.90 Å². The fraction of sp³-hybridized carbons (Fsp3) is 0.320. The van der Waals surface area contributed by atoms with Gasteiger partial charge in [-0.1, -0.05) is 13.0 Å². The normalized spacial score (nSPS) is 15.8. The zero-order valence-corrected chi connectivity index (χ0v) is 22.0. The molecule has 1 amide bonds. The lowest BCUT2D eigenvalue weighted by Gasteiger charge is -2.14. The second-order valence-electron chi connectivity index (χ2n) is 7.25. The van der Waals surface area contributed by atoms with E-state index in [4.69, 9.17) is 14.2 Å². The third kappa shape index (κ3) is 6.21. The van der Waals surface area contributed by atoms with Crippen molar-refractivity contribution in [3.05, 3.63) is 56.9 Å². The van der Waals surface area contributed by atoms with Gasteiger partial charge in [-0.15, -0.1) is 0 Å². The van der Waals surface area contributed by atoms with Gasteiger partial charge in [-0.3, -0.25) is 9.69 Å². The Labute approximate surface area is 212 Å². The third-order valence-electron chi connectivity index (χ3n) is 4.67. The van der Waals surface area contributed by atoms with E-state index in [1.165, 1.54) is 16.7 Å². The Bertz CT molecular complexity index is 1130. The van der Waals surface area contributed by atoms with Crippen molar-refractivity contribution in [3.8, 4) is 11.5 Å². The molecule has 1 aliphatic heterocycles. The number of likely N-dealkylation sites (N-methyl/N-ethyl adjacent to an activating group) is 1. The number of esters is 1. The number of aliphatic imine (C=N–C) groups is 1. The first-order chi connectivity index (χ1) is 16.4. The molecule has 3 rings (SSSR count). The molecular weight excluding hydrogens is 520 g/mol. The predicted octanol–water partition coefficient (Wildman–Crippen LogP) is 6.05. The summed E-state index contributed by atoms with van der Waals surface area (Å²) in [5.74, 6) is 0.698. The van der Waals surface area contributed by atoms with E-state index in [2.05, 4.69) is 20.9 Å². The zero-order chi connectivity index (χ0) is 24.7. The van der Waals surface area contributed by atoms with Crippen LogP contribution >= 0.6 is 27.7 Å². The average Bonchev–Trinajstić information content (AvgIpc) is 3.07. The summed E-state index contributed by atoms with van der Waals surface area (Å²) in [7, 11) is 1.67. The molecule has 7 nitrogen and oxygen atoms in total. The number of hydrogen-bond donors (Lipinski definition) is 0. The van der Waals surface area contributed by atoms with E-state index in [1.807, 2.05) is 26.0 Å². The fourth-order valence-electron chi connectivity index (χ4n) is 3.11. The van der Waals surface area contributed by atoms with Gasteiger partial charge in [-0.2, -0.15) is 0 Å². The van der Waals surface area contributed by atoms with E-state index < -0.39 is 5.97 Å². The van der Waals surface area contributed by atoms with Gasteiger partial charge in [0.2, 0.25) is 0 Å². The Balaban J connectivity index is 1.89. The highest BCUT2D eigenvalue weighted by molar-refractivity contribution is 9.10. The predicted molar refractivity (Wildman–Crippen MR) is 139 cm³/mol. The highest BCUT2D eigenvalue weighted by Gasteiger charge is 2.30. The molecule has 0 bridgehead atoms. The number of nitrogens with zero attached hydrogens (tertiary/aromatic N) is 2. The van der Waals surface area contributed by atoms with Gasteiger partial charge in [-0.05, 0) is 89.9 Å². The largest absolute Gasteiger partial charge is 0.490 e. The molecule has 0 saturated carbocycles. The second-order valence-corrected chi connectivity index (χ2v) is 9.11. The SMILES string of the molecule is CCCOc1c(Br)cc(C=C2SC(=Nc3cccc(C(=O)OCC)c3)N(C)C2=O)cc1OCC. The van der Waals surface area contributed by atoms with E-state index in [-0.39, 0.29) is 5.91 Å². The first-order valence-corrected chi connectivity index (χ1v) is 12.6. The van der Waals surface area contributed by atoms with Crippen molar-refractivity contribution in [2.45, 2.75) is 27.2 Å². The van der Waals surface area contributed by atoms with E-state index in [9.17, 15) is 9.59 Å². The molecule has 0 unspecified atom stereocenters. The first-order valence-electron chi connectivity index (χ1n) is 11.0. The highest BCUT2D eigenvalue weighted by atomic mass is 79.9. The number of amides is 1. The molecule has 0 atom stereocenters. The number of hydrogen-bond acceptors (Lipinski definition) is 7. The van der Waals surface area contributed by atoms with Crippen molar-refractivity contribution in [1.29, 1.82) is 0 Å². The minimum absolute atomic E-state index is 0.161. The third-order valence-corrected chi connectivity index (χ3v) is 6.31. The Morgan fingerprint density at radius 1 is 1.15 bits per heavy atom. The van der Waals surface area contributed by atoms with Crippen LogP contribution in [0.2, 0.25) is 0 Å². The first kappa shape index (κ1) is 25.8. The zero-order valence-electron chi connectivity index (χ0n) is 19.6. The Hall–Kier alpha value is -2.78. The molecule has 180 valence electrons. The van der Waals surface area contributed by atoms with Crippen LogP contribution in [0.25, 0.3) is 6.08 Å². The van der Waals surface area contributed by atoms with Gasteiger partial charge in [0.25, 0.3) is 5.91 Å². The van der Waals surface area contributed by atoms with E-state index in [1.54, 1.807) is 44.3 Å². The van der Waals surface area contributed by atoms with Gasteiger partial charge in [0.05, 0.1) is 40.4 Å². The monoisotopic (exact) mass is 546 g/mol. The summed E-state index contributed by atoms with van der Waals surface area (Å²) in [6.07, 6.45) is 2.68. The molecule has 1 heterocycles. The van der Waals surface area contributed by atoms with Crippen molar-refractivity contribution >= 4 is 56.5 Å². The summed E-state index contributed by atoms with van der Waals surface area (Å²) >= 11 is 4.83. The minimum atomic E-state index is -0.407. The van der Waals surface area contributed by atoms with Crippen LogP contribution in [0.5, 0.6) is 11.5 Å². The Morgan fingerprint density at radius 3 is 2.65 bits per heavy atom. The summed E-state index contributed by atoms with van der Waals surface area (Å²) in [5, 5.41) is 0.518. The molecule has 34 heavy (non-hydrogen) atoms. The Kier molecular flexibility index (Phi) is 9.18. The van der Waals surface area contributed by atoms with Crippen LogP contribution in [-0.4, -0.2) is 48.8 Å². The molecule has 9 heteroatoms. The van der Waals surface area contributed by atoms with E-state index in [0.29, 0.717) is 52.6 Å². The maximum absolute atomic E-state index is 12.9. The lowest BCUT2D eigenvalue weighted by atomic mass is 10.2. The molecule has 0 radical (unpaired) electrons. The second kappa shape index (κ2) is 12.1. The van der Waals surface area contributed by atoms with Crippen molar-refractivity contribution in [2.24, 2.45) is 4.99 Å². The van der Waals surface area contributed by atoms with E-state index in [0.717, 1.165) is 16.5 Å². The maximum atomic E-state index is 12.9. The molecule has 0 aromatic heterocycles. The number of rotatable bonds is 9. The maximum Gasteiger partial charge on any atom is 0.338 e. The lowest BCUT2D eigenvalue weighted by Crippen LogP contribution is -2.23. The van der Waals surface area contributed by atoms with Crippen molar-refractivity contribution < 1.29 is 23.8 Å². The molecule has 2 aromatic carbocycles. The number of carbonyl (C=O) groups is 2. The van der Waals surface area contributed by atoms with Crippen molar-refractivity contribution in [3.63, 3.8) is 0 Å². The number of benzene rings is 2. The van der Waals surface area contributed by atoms with Crippen molar-refractivity contribution in [2.75, 3.05) is 26.9 Å². The topological polar surface area (TPSA) is 77.4 Å². The molecule has 0 N–H and O–H groups in total. The summed E-state index contributed by atoms with van der Waals surface area (Å²) in [5.41, 5.74) is 1.77. The fourth-order valence-corrected chi connectivity index (χ4v) is 4.67. The summed E-state index contributed by atoms with van der Waals surface area (Å²) < 4.78 is 17.4. The average molecular weight is 547 g/mol. The smallest absolute Gasteiger partial charge is 0.338 e. The molecule has 0 spiro atoms. The quantitative estimate of drug-likeness (QED) is 0.281. The molecular formula is C25H27BrN2O5S. The van der Waals surface area contributed by atoms with Gasteiger partial charge < -0.3 is 14.2 Å². The van der Waals surface area contributed by atoms with Crippen LogP contribution in [0.4, 0.5) is 5.69 Å². The van der Waals surface area contributed by atoms with Gasteiger partial charge >= 0.3 is 5.97 Å². The highest BCUT2D eigenvalue weighted by Crippen LogP contribution is 2.39. The molecule has 1 aliphatic rings. The summed E-state index contributed by atoms with van der Waals surface area (Å²) in [4.78, 5) is 31.5. The van der Waals surface area contributed by atoms with Gasteiger partial charge in [0, 0.05) is 7.05 Å². The van der Waals surface area contributed by atoms with Crippen LogP contribution < -0.4 is 9.47 Å². The number of halogens is 1. The molecule has 1 fully saturated rings. The van der Waals surface area contributed by atoms with Crippen LogP contribution in [0.15, 0.2) is 50.8 Å². The lowest BCUT2D eigenvalue weighted by molar-refractivity contribution is -0.121. The number of carbonyl (C=O) groups excluding carboxylic acids is 2. The van der Waals surface area contributed by atoms with Gasteiger partial charge in [-0.25, -0.2) is 9.79 Å². The minimum Gasteiger partial charge on any atom is -0.490 e. The van der Waals surface area contributed by atoms with Crippen LogP contribution in [-0.2, 0) is 9.53 Å².